The van der Waals surface area contributed by atoms with Gasteiger partial charge in [0, 0.05) is 19.7 Å². The van der Waals surface area contributed by atoms with Gasteiger partial charge >= 0.3 is 0 Å². The Morgan fingerprint density at radius 1 is 1.29 bits per heavy atom. The molecule has 0 saturated carbocycles. The summed E-state index contributed by atoms with van der Waals surface area (Å²) >= 11 is 0. The predicted octanol–water partition coefficient (Wildman–Crippen LogP) is 3.71. The molecule has 0 radical (unpaired) electrons. The van der Waals surface area contributed by atoms with Crippen molar-refractivity contribution in [3.05, 3.63) is 23.8 Å². The largest absolute Gasteiger partial charge is 0.489 e. The van der Waals surface area contributed by atoms with Crippen LogP contribution in [-0.4, -0.2) is 31.0 Å². The fraction of sp³-hybridized carbons (Fsp3) is 0.588. The number of rotatable bonds is 8. The van der Waals surface area contributed by atoms with Crippen molar-refractivity contribution in [1.29, 1.82) is 0 Å². The summed E-state index contributed by atoms with van der Waals surface area (Å²) in [4.78, 5) is 13.4. The molecular weight excluding hydrogens is 264 g/mol. The molecule has 1 aromatic rings. The highest BCUT2D eigenvalue weighted by Crippen LogP contribution is 2.25. The summed E-state index contributed by atoms with van der Waals surface area (Å²) in [7, 11) is 3.45. The average Bonchev–Trinajstić information content (AvgIpc) is 2.45. The van der Waals surface area contributed by atoms with Crippen LogP contribution in [-0.2, 0) is 0 Å². The Hall–Kier alpha value is -1.71. The minimum atomic E-state index is -0.0548. The van der Waals surface area contributed by atoms with Gasteiger partial charge < -0.3 is 15.4 Å². The Kier molecular flexibility index (Phi) is 7.06. The maximum Gasteiger partial charge on any atom is 0.253 e. The van der Waals surface area contributed by atoms with Crippen molar-refractivity contribution in [3.63, 3.8) is 0 Å². The Morgan fingerprint density at radius 2 is 2.00 bits per heavy atom. The topological polar surface area (TPSA) is 55.6 Å². The van der Waals surface area contributed by atoms with Crippen molar-refractivity contribution in [2.75, 3.05) is 19.8 Å². The zero-order valence-electron chi connectivity index (χ0n) is 13.7. The van der Waals surface area contributed by atoms with Crippen LogP contribution >= 0.6 is 0 Å². The number of nitrogen functional groups attached to an aromatic ring is 1. The van der Waals surface area contributed by atoms with Crippen LogP contribution in [0, 0.1) is 0 Å². The van der Waals surface area contributed by atoms with Crippen LogP contribution in [0.5, 0.6) is 5.75 Å². The second-order valence-electron chi connectivity index (χ2n) is 5.73. The van der Waals surface area contributed by atoms with Gasteiger partial charge in [0.05, 0.1) is 11.8 Å². The molecule has 1 aromatic carbocycles. The first-order chi connectivity index (χ1) is 9.95. The second-order valence-corrected chi connectivity index (χ2v) is 5.73. The first-order valence-corrected chi connectivity index (χ1v) is 7.73. The quantitative estimate of drug-likeness (QED) is 0.587. The van der Waals surface area contributed by atoms with E-state index in [2.05, 4.69) is 13.8 Å². The van der Waals surface area contributed by atoms with Crippen LogP contribution < -0.4 is 10.5 Å². The van der Waals surface area contributed by atoms with Crippen molar-refractivity contribution in [2.45, 2.75) is 52.1 Å². The van der Waals surface area contributed by atoms with E-state index in [0.29, 0.717) is 17.0 Å². The molecule has 0 fully saturated rings. The van der Waals surface area contributed by atoms with E-state index in [4.69, 9.17) is 10.5 Å². The van der Waals surface area contributed by atoms with Gasteiger partial charge in [-0.25, -0.2) is 0 Å². The van der Waals surface area contributed by atoms with Crippen molar-refractivity contribution in [1.82, 2.24) is 4.90 Å². The fourth-order valence-electron chi connectivity index (χ4n) is 2.18. The number of anilines is 1. The predicted molar refractivity (Wildman–Crippen MR) is 87.7 cm³/mol. The van der Waals surface area contributed by atoms with Crippen LogP contribution in [0.2, 0.25) is 0 Å². The van der Waals surface area contributed by atoms with E-state index in [9.17, 15) is 4.79 Å². The van der Waals surface area contributed by atoms with Gasteiger partial charge in [-0.15, -0.1) is 0 Å². The highest BCUT2D eigenvalue weighted by atomic mass is 16.5. The van der Waals surface area contributed by atoms with Gasteiger partial charge in [-0.3, -0.25) is 4.79 Å². The van der Waals surface area contributed by atoms with E-state index in [1.807, 2.05) is 0 Å². The molecule has 1 atom stereocenters. The molecule has 4 nitrogen and oxygen atoms in total. The van der Waals surface area contributed by atoms with Crippen molar-refractivity contribution in [2.24, 2.45) is 0 Å². The maximum absolute atomic E-state index is 11.9. The summed E-state index contributed by atoms with van der Waals surface area (Å²) in [5, 5.41) is 0. The number of carbonyl (C=O) groups excluding carboxylic acids is 1. The second kappa shape index (κ2) is 8.55. The first kappa shape index (κ1) is 17.3. The van der Waals surface area contributed by atoms with Crippen LogP contribution in [0.3, 0.4) is 0 Å². The van der Waals surface area contributed by atoms with Crippen LogP contribution in [0.4, 0.5) is 5.69 Å². The summed E-state index contributed by atoms with van der Waals surface area (Å²) in [6, 6.07) is 5.23. The lowest BCUT2D eigenvalue weighted by Crippen LogP contribution is -2.22. The van der Waals surface area contributed by atoms with Crippen molar-refractivity contribution < 1.29 is 9.53 Å². The van der Waals surface area contributed by atoms with Gasteiger partial charge in [0.25, 0.3) is 5.91 Å². The summed E-state index contributed by atoms with van der Waals surface area (Å²) in [5.41, 5.74) is 7.09. The molecule has 0 aliphatic carbocycles. The number of ether oxygens (including phenoxy) is 1. The zero-order chi connectivity index (χ0) is 15.8. The van der Waals surface area contributed by atoms with E-state index >= 15 is 0 Å². The van der Waals surface area contributed by atoms with Crippen molar-refractivity contribution in [3.8, 4) is 5.75 Å². The number of benzene rings is 1. The molecule has 4 heteroatoms. The number of nitrogens with zero attached hydrogens (tertiary/aromatic N) is 1. The molecule has 0 heterocycles. The lowest BCUT2D eigenvalue weighted by molar-refractivity contribution is 0.0827. The lowest BCUT2D eigenvalue weighted by Gasteiger charge is -2.17. The van der Waals surface area contributed by atoms with Gasteiger partial charge in [0.15, 0.2) is 0 Å². The summed E-state index contributed by atoms with van der Waals surface area (Å²) < 4.78 is 5.87. The molecule has 0 aliphatic rings. The molecule has 0 bridgehead atoms. The van der Waals surface area contributed by atoms with E-state index in [1.165, 1.54) is 30.6 Å². The molecule has 0 aromatic heterocycles. The van der Waals surface area contributed by atoms with Gasteiger partial charge in [0.1, 0.15) is 5.75 Å². The lowest BCUT2D eigenvalue weighted by atomic mass is 10.1. The number of hydrogen-bond acceptors (Lipinski definition) is 3. The Morgan fingerprint density at radius 3 is 2.57 bits per heavy atom. The number of amides is 1. The standard InChI is InChI=1S/C17H28N2O2/c1-5-6-7-8-9-13(2)21-16-11-10-14(12-15(16)18)17(20)19(3)4/h10-13H,5-9,18H2,1-4H3. The monoisotopic (exact) mass is 292 g/mol. The van der Waals surface area contributed by atoms with Gasteiger partial charge in [-0.1, -0.05) is 26.2 Å². The maximum atomic E-state index is 11.9. The molecule has 21 heavy (non-hydrogen) atoms. The Labute approximate surface area is 128 Å². The average molecular weight is 292 g/mol. The number of carbonyl (C=O) groups is 1. The normalized spacial score (nSPS) is 12.0. The van der Waals surface area contributed by atoms with Crippen LogP contribution in [0.1, 0.15) is 56.3 Å². The van der Waals surface area contributed by atoms with E-state index in [1.54, 1.807) is 32.3 Å². The molecule has 1 rings (SSSR count). The molecule has 1 unspecified atom stereocenters. The first-order valence-electron chi connectivity index (χ1n) is 7.73. The van der Waals surface area contributed by atoms with Crippen molar-refractivity contribution >= 4 is 11.6 Å². The third-order valence-electron chi connectivity index (χ3n) is 3.46. The van der Waals surface area contributed by atoms with E-state index in [0.717, 1.165) is 6.42 Å². The third-order valence-corrected chi connectivity index (χ3v) is 3.46. The summed E-state index contributed by atoms with van der Waals surface area (Å²) in [5.74, 6) is 0.606. The van der Waals surface area contributed by atoms with Gasteiger partial charge in [-0.05, 0) is 38.0 Å². The van der Waals surface area contributed by atoms with Crippen LogP contribution in [0.15, 0.2) is 18.2 Å². The smallest absolute Gasteiger partial charge is 0.253 e. The molecule has 1 amide bonds. The van der Waals surface area contributed by atoms with Gasteiger partial charge in [-0.2, -0.15) is 0 Å². The molecule has 0 spiro atoms. The molecule has 0 aliphatic heterocycles. The molecule has 2 N–H and O–H groups in total. The minimum absolute atomic E-state index is 0.0548. The number of unbranched alkanes of at least 4 members (excludes halogenated alkanes) is 3. The summed E-state index contributed by atoms with van der Waals surface area (Å²) in [6.07, 6.45) is 6.10. The van der Waals surface area contributed by atoms with E-state index < -0.39 is 0 Å². The molecular formula is C17H28N2O2. The highest BCUT2D eigenvalue weighted by Gasteiger charge is 2.12. The van der Waals surface area contributed by atoms with Crippen LogP contribution in [0.25, 0.3) is 0 Å². The molecule has 118 valence electrons. The third kappa shape index (κ3) is 5.66. The minimum Gasteiger partial charge on any atom is -0.489 e. The SMILES string of the molecule is CCCCCCC(C)Oc1ccc(C(=O)N(C)C)cc1N. The Balaban J connectivity index is 2.58. The summed E-state index contributed by atoms with van der Waals surface area (Å²) in [6.45, 7) is 4.27. The Bertz CT molecular complexity index is 458. The number of nitrogens with two attached hydrogens (primary N) is 1. The van der Waals surface area contributed by atoms with Gasteiger partial charge in [0.2, 0.25) is 0 Å². The van der Waals surface area contributed by atoms with E-state index in [-0.39, 0.29) is 12.0 Å². The zero-order valence-corrected chi connectivity index (χ0v) is 13.7. The highest BCUT2D eigenvalue weighted by molar-refractivity contribution is 5.95. The fourth-order valence-corrected chi connectivity index (χ4v) is 2.18. The number of hydrogen-bond donors (Lipinski definition) is 1. The molecule has 0 saturated heterocycles.